The Bertz CT molecular complexity index is 1140. The second-order valence-electron chi connectivity index (χ2n) is 12.3. The van der Waals surface area contributed by atoms with Crippen LogP contribution in [0.3, 0.4) is 0 Å². The molecule has 11 heteroatoms. The number of carbonyl (C=O) groups is 3. The molecule has 3 aliphatic rings. The van der Waals surface area contributed by atoms with Crippen LogP contribution in [0.25, 0.3) is 0 Å². The van der Waals surface area contributed by atoms with Crippen molar-refractivity contribution in [3.05, 3.63) is 29.8 Å². The number of nitriles is 1. The lowest BCUT2D eigenvalue weighted by molar-refractivity contribution is -0.132. The molecule has 40 heavy (non-hydrogen) atoms. The van der Waals surface area contributed by atoms with Crippen molar-refractivity contribution in [3.8, 4) is 6.19 Å². The highest BCUT2D eigenvalue weighted by Crippen LogP contribution is 2.35. The number of nitrogens with zero attached hydrogens (tertiary/aromatic N) is 3. The van der Waals surface area contributed by atoms with Gasteiger partial charge in [-0.15, -0.1) is 0 Å². The molecule has 0 aromatic heterocycles. The van der Waals surface area contributed by atoms with Gasteiger partial charge in [0.2, 0.25) is 17.7 Å². The summed E-state index contributed by atoms with van der Waals surface area (Å²) in [6.07, 6.45) is 1.14. The molecule has 2 saturated heterocycles. The first-order valence-corrected chi connectivity index (χ1v) is 14.0. The summed E-state index contributed by atoms with van der Waals surface area (Å²) in [7, 11) is 0. The van der Waals surface area contributed by atoms with Crippen LogP contribution in [0.2, 0.25) is 0 Å². The Balaban J connectivity index is 1.74. The maximum Gasteiger partial charge on any atom is 0.251 e. The zero-order chi connectivity index (χ0) is 29.2. The number of alkyl halides is 2. The summed E-state index contributed by atoms with van der Waals surface area (Å²) in [5, 5.41) is 25.6. The van der Waals surface area contributed by atoms with Crippen LogP contribution in [-0.4, -0.2) is 71.0 Å². The van der Waals surface area contributed by atoms with Crippen molar-refractivity contribution >= 4 is 23.4 Å². The first-order chi connectivity index (χ1) is 18.8. The maximum absolute atomic E-state index is 14.2. The molecule has 0 bridgehead atoms. The molecule has 218 valence electrons. The number of benzene rings is 1. The molecule has 4 rings (SSSR count). The van der Waals surface area contributed by atoms with E-state index in [0.29, 0.717) is 18.7 Å². The number of aliphatic hydroxyl groups is 1. The van der Waals surface area contributed by atoms with E-state index in [1.807, 2.05) is 18.3 Å². The first kappa shape index (κ1) is 29.7. The van der Waals surface area contributed by atoms with Crippen LogP contribution in [0.4, 0.5) is 14.5 Å². The molecule has 2 unspecified atom stereocenters. The lowest BCUT2D eigenvalue weighted by Crippen LogP contribution is -2.60. The topological polar surface area (TPSA) is 126 Å². The van der Waals surface area contributed by atoms with Gasteiger partial charge in [-0.05, 0) is 48.3 Å². The normalized spacial score (nSPS) is 26.0. The van der Waals surface area contributed by atoms with Crippen LogP contribution in [-0.2, 0) is 19.8 Å². The summed E-state index contributed by atoms with van der Waals surface area (Å²) in [6.45, 7) is 6.50. The number of anilines is 1. The minimum Gasteiger partial charge on any atom is -0.391 e. The molecule has 0 radical (unpaired) electrons. The van der Waals surface area contributed by atoms with Gasteiger partial charge < -0.3 is 15.7 Å². The lowest BCUT2D eigenvalue weighted by Gasteiger charge is -2.40. The van der Waals surface area contributed by atoms with E-state index in [1.54, 1.807) is 12.1 Å². The van der Waals surface area contributed by atoms with E-state index >= 15 is 0 Å². The Morgan fingerprint density at radius 1 is 1.20 bits per heavy atom. The first-order valence-electron chi connectivity index (χ1n) is 14.0. The molecule has 9 nitrogen and oxygen atoms in total. The zero-order valence-electron chi connectivity index (χ0n) is 23.3. The van der Waals surface area contributed by atoms with Crippen molar-refractivity contribution in [1.29, 1.82) is 5.26 Å². The smallest absolute Gasteiger partial charge is 0.251 e. The second-order valence-corrected chi connectivity index (χ2v) is 12.3. The van der Waals surface area contributed by atoms with Crippen molar-refractivity contribution in [3.63, 3.8) is 0 Å². The zero-order valence-corrected chi connectivity index (χ0v) is 23.3. The average molecular weight is 560 g/mol. The van der Waals surface area contributed by atoms with Gasteiger partial charge >= 0.3 is 0 Å². The third-order valence-corrected chi connectivity index (χ3v) is 8.28. The number of hydrogen-bond acceptors (Lipinski definition) is 6. The molecule has 1 aromatic carbocycles. The number of piperidine rings is 1. The van der Waals surface area contributed by atoms with Crippen molar-refractivity contribution in [1.82, 2.24) is 15.5 Å². The van der Waals surface area contributed by atoms with Gasteiger partial charge in [-0.3, -0.25) is 24.2 Å². The predicted octanol–water partition coefficient (Wildman–Crippen LogP) is 2.82. The summed E-state index contributed by atoms with van der Waals surface area (Å²) >= 11 is 0. The minimum absolute atomic E-state index is 0.00267. The monoisotopic (exact) mass is 559 g/mol. The molecule has 2 heterocycles. The Hall–Kier alpha value is -3.26. The summed E-state index contributed by atoms with van der Waals surface area (Å²) < 4.78 is 27.6. The molecule has 1 saturated carbocycles. The van der Waals surface area contributed by atoms with Crippen molar-refractivity contribution in [2.75, 3.05) is 18.0 Å². The maximum atomic E-state index is 14.2. The Morgan fingerprint density at radius 3 is 2.42 bits per heavy atom. The summed E-state index contributed by atoms with van der Waals surface area (Å²) in [5.74, 6) is -4.57. The van der Waals surface area contributed by atoms with Gasteiger partial charge in [-0.1, -0.05) is 32.9 Å². The van der Waals surface area contributed by atoms with Gasteiger partial charge in [0, 0.05) is 44.0 Å². The van der Waals surface area contributed by atoms with E-state index in [9.17, 15) is 33.5 Å². The number of β-amino-alcohol motifs (C(OH)–C–C–N with tert-alkyl or cyclic N) is 1. The molecule has 1 aliphatic carbocycles. The highest BCUT2D eigenvalue weighted by Gasteiger charge is 2.46. The molecule has 2 aliphatic heterocycles. The molecule has 3 amide bonds. The van der Waals surface area contributed by atoms with Gasteiger partial charge in [0.05, 0.1) is 12.6 Å². The van der Waals surface area contributed by atoms with Crippen LogP contribution in [0, 0.1) is 17.4 Å². The number of rotatable bonds is 6. The quantitative estimate of drug-likeness (QED) is 0.461. The number of amides is 3. The average Bonchev–Trinajstić information content (AvgIpc) is 3.28. The second kappa shape index (κ2) is 11.7. The van der Waals surface area contributed by atoms with Crippen LogP contribution in [0.5, 0.6) is 0 Å². The Kier molecular flexibility index (Phi) is 8.69. The van der Waals surface area contributed by atoms with Crippen molar-refractivity contribution < 1.29 is 28.3 Å². The van der Waals surface area contributed by atoms with E-state index in [-0.39, 0.29) is 56.4 Å². The fraction of sp³-hybridized carbons (Fsp3) is 0.655. The van der Waals surface area contributed by atoms with E-state index in [4.69, 9.17) is 0 Å². The van der Waals surface area contributed by atoms with Gasteiger partial charge in [0.15, 0.2) is 6.19 Å². The number of likely N-dealkylation sites (tertiary alicyclic amines) is 1. The van der Waals surface area contributed by atoms with Gasteiger partial charge in [0.25, 0.3) is 5.91 Å². The van der Waals surface area contributed by atoms with Gasteiger partial charge in [-0.25, -0.2) is 8.78 Å². The van der Waals surface area contributed by atoms with Gasteiger partial charge in [0.1, 0.15) is 12.1 Å². The Morgan fingerprint density at radius 2 is 1.85 bits per heavy atom. The third-order valence-electron chi connectivity index (χ3n) is 8.28. The van der Waals surface area contributed by atoms with E-state index < -0.39 is 47.9 Å². The van der Waals surface area contributed by atoms with Crippen LogP contribution < -0.4 is 15.5 Å². The number of aliphatic hydroxyl groups excluding tert-OH is 1. The van der Waals surface area contributed by atoms with Crippen molar-refractivity contribution in [2.45, 2.75) is 101 Å². The predicted molar refractivity (Wildman–Crippen MR) is 144 cm³/mol. The van der Waals surface area contributed by atoms with Crippen LogP contribution in [0.1, 0.15) is 71.3 Å². The fourth-order valence-corrected chi connectivity index (χ4v) is 5.96. The summed E-state index contributed by atoms with van der Waals surface area (Å²) in [6, 6.07) is 4.70. The molecular formula is C29H39F2N5O4. The summed E-state index contributed by atoms with van der Waals surface area (Å²) in [5.41, 5.74) is 1.28. The molecular weight excluding hydrogens is 520 g/mol. The SMILES string of the molecule is CC(C)(C)c1ccc(N(C(=O)[C@H]2C[C@@H](O)CN2C#N)C(C(=O)NC2CCC(F)(F)CC2)C2CCNC(=O)C2)cc1. The number of carbonyl (C=O) groups excluding carboxylic acids is 3. The van der Waals surface area contributed by atoms with Crippen LogP contribution >= 0.6 is 0 Å². The number of nitrogens with one attached hydrogen (secondary N) is 2. The number of halogens is 2. The molecule has 4 atom stereocenters. The van der Waals surface area contributed by atoms with E-state index in [0.717, 1.165) is 5.56 Å². The van der Waals surface area contributed by atoms with E-state index in [1.165, 1.54) is 9.80 Å². The highest BCUT2D eigenvalue weighted by atomic mass is 19.3. The third kappa shape index (κ3) is 6.72. The largest absolute Gasteiger partial charge is 0.391 e. The lowest BCUT2D eigenvalue weighted by atomic mass is 9.85. The molecule has 1 aromatic rings. The Labute approximate surface area is 233 Å². The molecule has 3 N–H and O–H groups in total. The number of hydrogen-bond donors (Lipinski definition) is 3. The molecule has 0 spiro atoms. The van der Waals surface area contributed by atoms with Crippen molar-refractivity contribution in [2.24, 2.45) is 5.92 Å². The molecule has 3 fully saturated rings. The van der Waals surface area contributed by atoms with Crippen LogP contribution in [0.15, 0.2) is 24.3 Å². The van der Waals surface area contributed by atoms with E-state index in [2.05, 4.69) is 31.4 Å². The fourth-order valence-electron chi connectivity index (χ4n) is 5.96. The standard InChI is InChI=1S/C29H39F2N5O4/c1-28(2,3)19-4-6-21(7-5-19)36(27(40)23-15-22(37)16-35(23)17-32)25(18-10-13-33-24(38)14-18)26(39)34-20-8-11-29(30,31)12-9-20/h4-7,18,20,22-23,25,37H,8-16H2,1-3H3,(H,33,38)(H,34,39)/t18?,22-,23-,25?/m1/s1. The highest BCUT2D eigenvalue weighted by molar-refractivity contribution is 6.04. The minimum atomic E-state index is -2.76. The van der Waals surface area contributed by atoms with Gasteiger partial charge in [-0.2, -0.15) is 5.26 Å². The summed E-state index contributed by atoms with van der Waals surface area (Å²) in [4.78, 5) is 43.3.